The Bertz CT molecular complexity index is 287. The van der Waals surface area contributed by atoms with Crippen molar-refractivity contribution in [3.05, 3.63) is 34.9 Å². The molecule has 0 aromatic heterocycles. The van der Waals surface area contributed by atoms with E-state index in [-0.39, 0.29) is 0 Å². The van der Waals surface area contributed by atoms with Crippen molar-refractivity contribution in [1.29, 1.82) is 0 Å². The van der Waals surface area contributed by atoms with Gasteiger partial charge in [-0.15, -0.1) is 0 Å². The monoisotopic (exact) mass is 174 g/mol. The molecule has 0 spiro atoms. The van der Waals surface area contributed by atoms with E-state index in [2.05, 4.69) is 32.1 Å². The second kappa shape index (κ2) is 3.53. The first-order valence-corrected chi connectivity index (χ1v) is 5.36. The van der Waals surface area contributed by atoms with E-state index in [0.29, 0.717) is 0 Å². The molecule has 0 unspecified atom stereocenters. The number of hydrogen-bond donors (Lipinski definition) is 0. The summed E-state index contributed by atoms with van der Waals surface area (Å²) in [6, 6.07) is 0. The van der Waals surface area contributed by atoms with Gasteiger partial charge in [-0.1, -0.05) is 43.2 Å². The maximum absolute atomic E-state index is 2.42. The highest BCUT2D eigenvalue weighted by molar-refractivity contribution is 5.43. The molecule has 2 rings (SSSR count). The van der Waals surface area contributed by atoms with Crippen LogP contribution in [0.3, 0.4) is 0 Å². The molecule has 0 bridgehead atoms. The van der Waals surface area contributed by atoms with E-state index in [4.69, 9.17) is 0 Å². The molecular weight excluding hydrogens is 156 g/mol. The summed E-state index contributed by atoms with van der Waals surface area (Å²) < 4.78 is 0. The highest BCUT2D eigenvalue weighted by atomic mass is 14.2. The molecule has 0 N–H and O–H groups in total. The van der Waals surface area contributed by atoms with Gasteiger partial charge in [0.15, 0.2) is 0 Å². The molecule has 2 aliphatic carbocycles. The Labute approximate surface area is 81.0 Å². The van der Waals surface area contributed by atoms with Crippen LogP contribution in [0.5, 0.6) is 0 Å². The van der Waals surface area contributed by atoms with Crippen molar-refractivity contribution < 1.29 is 0 Å². The van der Waals surface area contributed by atoms with Gasteiger partial charge in [0.25, 0.3) is 0 Å². The van der Waals surface area contributed by atoms with Crippen LogP contribution in [-0.4, -0.2) is 0 Å². The summed E-state index contributed by atoms with van der Waals surface area (Å²) in [5, 5.41) is 0. The van der Waals surface area contributed by atoms with Gasteiger partial charge in [0.05, 0.1) is 0 Å². The second-order valence-electron chi connectivity index (χ2n) is 4.37. The molecule has 0 saturated carbocycles. The molecule has 2 aliphatic rings. The quantitative estimate of drug-likeness (QED) is 0.563. The van der Waals surface area contributed by atoms with Crippen molar-refractivity contribution in [3.8, 4) is 0 Å². The van der Waals surface area contributed by atoms with E-state index in [1.165, 1.54) is 31.3 Å². The summed E-state index contributed by atoms with van der Waals surface area (Å²) in [7, 11) is 0. The zero-order valence-corrected chi connectivity index (χ0v) is 8.64. The molecule has 0 heteroatoms. The Morgan fingerprint density at radius 3 is 2.77 bits per heavy atom. The standard InChI is InChI=1S/C13H18/c1-10(2)12-8-7-11-5-3-4-6-13(11)9-12/h4,6,9-10H,3,5,7-8H2,1-2H3. The molecule has 0 heterocycles. The van der Waals surface area contributed by atoms with Crippen molar-refractivity contribution >= 4 is 0 Å². The van der Waals surface area contributed by atoms with Crippen molar-refractivity contribution in [1.82, 2.24) is 0 Å². The lowest BCUT2D eigenvalue weighted by Gasteiger charge is -2.22. The van der Waals surface area contributed by atoms with Crippen LogP contribution in [0.2, 0.25) is 0 Å². The largest absolute Gasteiger partial charge is 0.0836 e. The fourth-order valence-corrected chi connectivity index (χ4v) is 2.17. The molecule has 0 aliphatic heterocycles. The summed E-state index contributed by atoms with van der Waals surface area (Å²) in [6.45, 7) is 4.59. The van der Waals surface area contributed by atoms with Crippen LogP contribution >= 0.6 is 0 Å². The molecule has 0 amide bonds. The Morgan fingerprint density at radius 1 is 1.15 bits per heavy atom. The predicted octanol–water partition coefficient (Wildman–Crippen LogP) is 4.01. The minimum Gasteiger partial charge on any atom is -0.0836 e. The fourth-order valence-electron chi connectivity index (χ4n) is 2.17. The van der Waals surface area contributed by atoms with Crippen LogP contribution in [0.25, 0.3) is 0 Å². The Morgan fingerprint density at radius 2 is 2.00 bits per heavy atom. The predicted molar refractivity (Wildman–Crippen MR) is 57.6 cm³/mol. The van der Waals surface area contributed by atoms with Gasteiger partial charge in [-0.05, 0) is 37.2 Å². The van der Waals surface area contributed by atoms with Crippen LogP contribution < -0.4 is 0 Å². The lowest BCUT2D eigenvalue weighted by atomic mass is 9.83. The van der Waals surface area contributed by atoms with Gasteiger partial charge in [0.1, 0.15) is 0 Å². The van der Waals surface area contributed by atoms with Crippen molar-refractivity contribution in [2.45, 2.75) is 39.5 Å². The van der Waals surface area contributed by atoms with Crippen molar-refractivity contribution in [3.63, 3.8) is 0 Å². The third-order valence-electron chi connectivity index (χ3n) is 3.12. The lowest BCUT2D eigenvalue weighted by Crippen LogP contribution is -2.04. The third kappa shape index (κ3) is 1.77. The average molecular weight is 174 g/mol. The normalized spacial score (nSPS) is 21.9. The summed E-state index contributed by atoms with van der Waals surface area (Å²) in [4.78, 5) is 0. The molecule has 0 radical (unpaired) electrons. The van der Waals surface area contributed by atoms with Gasteiger partial charge in [-0.2, -0.15) is 0 Å². The molecule has 0 aromatic rings. The highest BCUT2D eigenvalue weighted by Gasteiger charge is 2.14. The van der Waals surface area contributed by atoms with Crippen LogP contribution in [0, 0.1) is 5.92 Å². The van der Waals surface area contributed by atoms with E-state index in [9.17, 15) is 0 Å². The Hall–Kier alpha value is -0.780. The topological polar surface area (TPSA) is 0 Å². The summed E-state index contributed by atoms with van der Waals surface area (Å²) in [5.74, 6) is 0.726. The SMILES string of the molecule is CC(C)C1=CC2=C(CCC=C2)CC1. The van der Waals surface area contributed by atoms with E-state index < -0.39 is 0 Å². The summed E-state index contributed by atoms with van der Waals surface area (Å²) in [6.07, 6.45) is 12.2. The van der Waals surface area contributed by atoms with E-state index in [0.717, 1.165) is 5.92 Å². The summed E-state index contributed by atoms with van der Waals surface area (Å²) >= 11 is 0. The zero-order valence-electron chi connectivity index (χ0n) is 8.64. The average Bonchev–Trinajstić information content (AvgIpc) is 2.17. The van der Waals surface area contributed by atoms with Gasteiger partial charge in [-0.25, -0.2) is 0 Å². The fraction of sp³-hybridized carbons (Fsp3) is 0.538. The number of hydrogen-bond acceptors (Lipinski definition) is 0. The Kier molecular flexibility index (Phi) is 2.39. The minimum atomic E-state index is 0.726. The minimum absolute atomic E-state index is 0.726. The summed E-state index contributed by atoms with van der Waals surface area (Å²) in [5.41, 5.74) is 4.83. The third-order valence-corrected chi connectivity index (χ3v) is 3.12. The first kappa shape index (κ1) is 8.80. The number of rotatable bonds is 1. The first-order valence-electron chi connectivity index (χ1n) is 5.36. The molecule has 0 nitrogen and oxygen atoms in total. The number of allylic oxidation sites excluding steroid dienone is 6. The van der Waals surface area contributed by atoms with Crippen LogP contribution in [0.4, 0.5) is 0 Å². The zero-order chi connectivity index (χ0) is 9.26. The lowest BCUT2D eigenvalue weighted by molar-refractivity contribution is 0.682. The molecule has 0 atom stereocenters. The van der Waals surface area contributed by atoms with E-state index in [1.807, 2.05) is 0 Å². The van der Waals surface area contributed by atoms with Crippen LogP contribution in [-0.2, 0) is 0 Å². The highest BCUT2D eigenvalue weighted by Crippen LogP contribution is 2.33. The molecule has 70 valence electrons. The van der Waals surface area contributed by atoms with Crippen molar-refractivity contribution in [2.24, 2.45) is 5.92 Å². The van der Waals surface area contributed by atoms with Gasteiger partial charge < -0.3 is 0 Å². The maximum Gasteiger partial charge on any atom is -0.0257 e. The van der Waals surface area contributed by atoms with Crippen LogP contribution in [0.1, 0.15) is 39.5 Å². The molecular formula is C13H18. The molecule has 13 heavy (non-hydrogen) atoms. The van der Waals surface area contributed by atoms with Gasteiger partial charge >= 0.3 is 0 Å². The smallest absolute Gasteiger partial charge is 0.0257 e. The molecule has 0 fully saturated rings. The first-order chi connectivity index (χ1) is 6.27. The second-order valence-corrected chi connectivity index (χ2v) is 4.37. The van der Waals surface area contributed by atoms with E-state index in [1.54, 1.807) is 11.1 Å². The maximum atomic E-state index is 2.42. The Balaban J connectivity index is 2.26. The van der Waals surface area contributed by atoms with Gasteiger partial charge in [0, 0.05) is 0 Å². The molecule has 0 aromatic carbocycles. The van der Waals surface area contributed by atoms with Crippen molar-refractivity contribution in [2.75, 3.05) is 0 Å². The van der Waals surface area contributed by atoms with E-state index >= 15 is 0 Å². The van der Waals surface area contributed by atoms with Crippen LogP contribution in [0.15, 0.2) is 34.9 Å². The van der Waals surface area contributed by atoms with Gasteiger partial charge in [-0.3, -0.25) is 0 Å². The van der Waals surface area contributed by atoms with Gasteiger partial charge in [0.2, 0.25) is 0 Å². The molecule has 0 saturated heterocycles.